The van der Waals surface area contributed by atoms with Gasteiger partial charge in [-0.05, 0) is 33.6 Å². The van der Waals surface area contributed by atoms with Gasteiger partial charge in [0.1, 0.15) is 0 Å². The van der Waals surface area contributed by atoms with E-state index in [0.29, 0.717) is 19.1 Å². The molecule has 0 aromatic heterocycles. The lowest BCUT2D eigenvalue weighted by Gasteiger charge is -2.34. The molecule has 6 nitrogen and oxygen atoms in total. The van der Waals surface area contributed by atoms with Crippen LogP contribution in [0.4, 0.5) is 0 Å². The Morgan fingerprint density at radius 3 is 2.50 bits per heavy atom. The summed E-state index contributed by atoms with van der Waals surface area (Å²) < 4.78 is 10.7. The number of aliphatic imine (C=N–C) groups is 1. The molecule has 1 N–H and O–H groups in total. The van der Waals surface area contributed by atoms with Crippen LogP contribution in [-0.4, -0.2) is 62.3 Å². The van der Waals surface area contributed by atoms with Crippen molar-refractivity contribution in [3.63, 3.8) is 0 Å². The number of likely N-dealkylation sites (tertiary alicyclic amines) is 1. The van der Waals surface area contributed by atoms with Gasteiger partial charge < -0.3 is 19.7 Å². The SMILES string of the molecule is CCOC1CCN(C(=NC)NCCC(=O)OC(C)C)CC1.I. The minimum absolute atomic E-state index is 0. The second-order valence-corrected chi connectivity index (χ2v) is 5.40. The molecular weight excluding hydrogens is 397 g/mol. The molecule has 0 saturated carbocycles. The van der Waals surface area contributed by atoms with Crippen molar-refractivity contribution in [1.29, 1.82) is 0 Å². The molecule has 1 aliphatic rings. The number of hydrogen-bond donors (Lipinski definition) is 1. The normalized spacial score (nSPS) is 16.4. The molecule has 1 fully saturated rings. The molecular formula is C15H30IN3O3. The fourth-order valence-electron chi connectivity index (χ4n) is 2.40. The molecule has 0 spiro atoms. The van der Waals surface area contributed by atoms with Crippen LogP contribution in [0.3, 0.4) is 0 Å². The number of nitrogens with zero attached hydrogens (tertiary/aromatic N) is 2. The van der Waals surface area contributed by atoms with E-state index in [0.717, 1.165) is 38.5 Å². The minimum atomic E-state index is -0.178. The summed E-state index contributed by atoms with van der Waals surface area (Å²) in [5.41, 5.74) is 0. The Kier molecular flexibility index (Phi) is 11.6. The summed E-state index contributed by atoms with van der Waals surface area (Å²) in [6.45, 7) is 8.92. The first kappa shape index (κ1) is 21.4. The highest BCUT2D eigenvalue weighted by Crippen LogP contribution is 2.13. The lowest BCUT2D eigenvalue weighted by Crippen LogP contribution is -2.47. The topological polar surface area (TPSA) is 63.2 Å². The molecule has 0 amide bonds. The summed E-state index contributed by atoms with van der Waals surface area (Å²) in [6, 6.07) is 0. The molecule has 0 unspecified atom stereocenters. The summed E-state index contributed by atoms with van der Waals surface area (Å²) in [4.78, 5) is 18.0. The largest absolute Gasteiger partial charge is 0.463 e. The van der Waals surface area contributed by atoms with Gasteiger partial charge in [-0.3, -0.25) is 9.79 Å². The molecule has 0 atom stereocenters. The van der Waals surface area contributed by atoms with Crippen molar-refractivity contribution in [3.8, 4) is 0 Å². The first-order valence-electron chi connectivity index (χ1n) is 7.83. The number of piperidine rings is 1. The fourth-order valence-corrected chi connectivity index (χ4v) is 2.40. The van der Waals surface area contributed by atoms with Gasteiger partial charge in [0.05, 0.1) is 18.6 Å². The van der Waals surface area contributed by atoms with Crippen LogP contribution >= 0.6 is 24.0 Å². The highest BCUT2D eigenvalue weighted by molar-refractivity contribution is 14.0. The Balaban J connectivity index is 0.00000441. The number of guanidine groups is 1. The Labute approximate surface area is 151 Å². The quantitative estimate of drug-likeness (QED) is 0.304. The van der Waals surface area contributed by atoms with Crippen LogP contribution in [0.25, 0.3) is 0 Å². The smallest absolute Gasteiger partial charge is 0.307 e. The van der Waals surface area contributed by atoms with Crippen molar-refractivity contribution in [2.45, 2.75) is 52.2 Å². The fraction of sp³-hybridized carbons (Fsp3) is 0.867. The van der Waals surface area contributed by atoms with Gasteiger partial charge in [-0.1, -0.05) is 0 Å². The third-order valence-corrected chi connectivity index (χ3v) is 3.34. The van der Waals surface area contributed by atoms with E-state index < -0.39 is 0 Å². The highest BCUT2D eigenvalue weighted by Gasteiger charge is 2.21. The number of esters is 1. The highest BCUT2D eigenvalue weighted by atomic mass is 127. The third kappa shape index (κ3) is 8.17. The van der Waals surface area contributed by atoms with Crippen molar-refractivity contribution >= 4 is 35.9 Å². The van der Waals surface area contributed by atoms with E-state index in [4.69, 9.17) is 9.47 Å². The molecule has 0 aromatic carbocycles. The summed E-state index contributed by atoms with van der Waals surface area (Å²) in [5.74, 6) is 0.672. The van der Waals surface area contributed by atoms with Gasteiger partial charge in [-0.15, -0.1) is 24.0 Å². The predicted molar refractivity (Wildman–Crippen MR) is 98.8 cm³/mol. The Hall–Kier alpha value is -0.570. The van der Waals surface area contributed by atoms with Crippen molar-refractivity contribution < 1.29 is 14.3 Å². The zero-order chi connectivity index (χ0) is 15.7. The second-order valence-electron chi connectivity index (χ2n) is 5.40. The van der Waals surface area contributed by atoms with Crippen molar-refractivity contribution in [2.24, 2.45) is 4.99 Å². The van der Waals surface area contributed by atoms with E-state index in [9.17, 15) is 4.79 Å². The maximum absolute atomic E-state index is 11.5. The van der Waals surface area contributed by atoms with Crippen molar-refractivity contribution in [3.05, 3.63) is 0 Å². The lowest BCUT2D eigenvalue weighted by atomic mass is 10.1. The van der Waals surface area contributed by atoms with Crippen LogP contribution in [0.15, 0.2) is 4.99 Å². The molecule has 0 aliphatic carbocycles. The molecule has 0 bridgehead atoms. The summed E-state index contributed by atoms with van der Waals surface area (Å²) in [6.07, 6.45) is 2.69. The van der Waals surface area contributed by atoms with E-state index in [-0.39, 0.29) is 36.0 Å². The zero-order valence-corrected chi connectivity index (χ0v) is 16.5. The Morgan fingerprint density at radius 2 is 2.00 bits per heavy atom. The molecule has 7 heteroatoms. The first-order chi connectivity index (χ1) is 10.1. The zero-order valence-electron chi connectivity index (χ0n) is 14.1. The number of ether oxygens (including phenoxy) is 2. The first-order valence-corrected chi connectivity index (χ1v) is 7.83. The van der Waals surface area contributed by atoms with Crippen LogP contribution in [0.2, 0.25) is 0 Å². The van der Waals surface area contributed by atoms with Gasteiger partial charge in [0.2, 0.25) is 0 Å². The number of rotatable bonds is 6. The summed E-state index contributed by atoms with van der Waals surface area (Å²) >= 11 is 0. The molecule has 1 heterocycles. The van der Waals surface area contributed by atoms with Gasteiger partial charge in [0.25, 0.3) is 0 Å². The molecule has 0 radical (unpaired) electrons. The van der Waals surface area contributed by atoms with Crippen LogP contribution < -0.4 is 5.32 Å². The van der Waals surface area contributed by atoms with E-state index in [1.54, 1.807) is 7.05 Å². The van der Waals surface area contributed by atoms with Gasteiger partial charge in [-0.2, -0.15) is 0 Å². The second kappa shape index (κ2) is 11.9. The summed E-state index contributed by atoms with van der Waals surface area (Å²) in [5, 5.41) is 3.22. The number of halogens is 1. The predicted octanol–water partition coefficient (Wildman–Crippen LogP) is 2.02. The molecule has 130 valence electrons. The van der Waals surface area contributed by atoms with Gasteiger partial charge in [0, 0.05) is 33.3 Å². The molecule has 1 rings (SSSR count). The number of hydrogen-bond acceptors (Lipinski definition) is 4. The molecule has 1 saturated heterocycles. The number of carbonyl (C=O) groups excluding carboxylic acids is 1. The van der Waals surface area contributed by atoms with E-state index >= 15 is 0 Å². The van der Waals surface area contributed by atoms with Crippen molar-refractivity contribution in [2.75, 3.05) is 33.3 Å². The Bertz CT molecular complexity index is 343. The van der Waals surface area contributed by atoms with Gasteiger partial charge in [0.15, 0.2) is 5.96 Å². The molecule has 22 heavy (non-hydrogen) atoms. The Morgan fingerprint density at radius 1 is 1.36 bits per heavy atom. The average Bonchev–Trinajstić information content (AvgIpc) is 2.44. The summed E-state index contributed by atoms with van der Waals surface area (Å²) in [7, 11) is 1.77. The van der Waals surface area contributed by atoms with Crippen LogP contribution in [0.5, 0.6) is 0 Å². The monoisotopic (exact) mass is 427 g/mol. The van der Waals surface area contributed by atoms with Crippen molar-refractivity contribution in [1.82, 2.24) is 10.2 Å². The van der Waals surface area contributed by atoms with Crippen LogP contribution in [0.1, 0.15) is 40.0 Å². The lowest BCUT2D eigenvalue weighted by molar-refractivity contribution is -0.147. The minimum Gasteiger partial charge on any atom is -0.463 e. The molecule has 1 aliphatic heterocycles. The standard InChI is InChI=1S/C15H29N3O3.HI/c1-5-20-13-7-10-18(11-8-13)15(16-4)17-9-6-14(19)21-12(2)3;/h12-13H,5-11H2,1-4H3,(H,16,17);1H. The van der Waals surface area contributed by atoms with Crippen LogP contribution in [0, 0.1) is 0 Å². The number of nitrogens with one attached hydrogen (secondary N) is 1. The van der Waals surface area contributed by atoms with E-state index in [1.165, 1.54) is 0 Å². The average molecular weight is 427 g/mol. The maximum atomic E-state index is 11.5. The third-order valence-electron chi connectivity index (χ3n) is 3.34. The van der Waals surface area contributed by atoms with Gasteiger partial charge in [-0.25, -0.2) is 0 Å². The van der Waals surface area contributed by atoms with E-state index in [2.05, 4.69) is 15.2 Å². The maximum Gasteiger partial charge on any atom is 0.307 e. The van der Waals surface area contributed by atoms with E-state index in [1.807, 2.05) is 20.8 Å². The van der Waals surface area contributed by atoms with Crippen LogP contribution in [-0.2, 0) is 14.3 Å². The van der Waals surface area contributed by atoms with Gasteiger partial charge >= 0.3 is 5.97 Å². The molecule has 0 aromatic rings. The number of carbonyl (C=O) groups is 1.